The lowest BCUT2D eigenvalue weighted by Gasteiger charge is -2.03. The van der Waals surface area contributed by atoms with Crippen LogP contribution < -0.4 is 4.57 Å². The largest absolute Gasteiger partial charge is 0.257 e. The van der Waals surface area contributed by atoms with Gasteiger partial charge in [-0.15, -0.1) is 0 Å². The van der Waals surface area contributed by atoms with E-state index in [0.717, 1.165) is 30.1 Å². The normalized spacial score (nSPS) is 13.3. The van der Waals surface area contributed by atoms with Crippen LogP contribution in [0.1, 0.15) is 17.8 Å². The van der Waals surface area contributed by atoms with Gasteiger partial charge in [0.25, 0.3) is 5.82 Å². The average molecular weight is 344 g/mol. The Kier molecular flexibility index (Phi) is 3.88. The third-order valence-electron chi connectivity index (χ3n) is 4.42. The Balaban J connectivity index is 1.75. The third-order valence-corrected chi connectivity index (χ3v) is 5.01. The highest BCUT2D eigenvalue weighted by Gasteiger charge is 2.28. The molecule has 23 heavy (non-hydrogen) atoms. The number of halogens is 2. The molecule has 0 fully saturated rings. The van der Waals surface area contributed by atoms with E-state index in [-0.39, 0.29) is 0 Å². The minimum absolute atomic E-state index is 0.677. The molecule has 2 aromatic carbocycles. The molecule has 0 N–H and O–H groups in total. The van der Waals surface area contributed by atoms with E-state index < -0.39 is 0 Å². The molecular formula is C19H17Cl2N2+. The topological polar surface area (TPSA) is 8.81 Å². The lowest BCUT2D eigenvalue weighted by atomic mass is 10.1. The van der Waals surface area contributed by atoms with E-state index in [4.69, 9.17) is 23.2 Å². The third kappa shape index (κ3) is 2.77. The summed E-state index contributed by atoms with van der Waals surface area (Å²) in [7, 11) is 0. The monoisotopic (exact) mass is 343 g/mol. The number of hydrogen-bond acceptors (Lipinski definition) is 0. The van der Waals surface area contributed by atoms with Gasteiger partial charge in [0.05, 0.1) is 13.0 Å². The van der Waals surface area contributed by atoms with Gasteiger partial charge >= 0.3 is 0 Å². The van der Waals surface area contributed by atoms with E-state index >= 15 is 0 Å². The molecule has 1 aromatic heterocycles. The molecule has 0 aliphatic carbocycles. The summed E-state index contributed by atoms with van der Waals surface area (Å²) in [5.74, 6) is 1.37. The first-order chi connectivity index (χ1) is 11.2. The molecule has 2 nitrogen and oxygen atoms in total. The molecule has 0 atom stereocenters. The zero-order valence-corrected chi connectivity index (χ0v) is 14.2. The molecule has 0 saturated heterocycles. The van der Waals surface area contributed by atoms with Gasteiger partial charge in [-0.05, 0) is 18.6 Å². The molecule has 2 heterocycles. The second-order valence-corrected chi connectivity index (χ2v) is 6.76. The predicted octanol–water partition coefficient (Wildman–Crippen LogP) is 4.74. The Bertz CT molecular complexity index is 853. The molecular weight excluding hydrogens is 327 g/mol. The first-order valence-corrected chi connectivity index (χ1v) is 8.59. The number of hydrogen-bond donors (Lipinski definition) is 0. The second-order valence-electron chi connectivity index (χ2n) is 5.92. The van der Waals surface area contributed by atoms with Gasteiger partial charge < -0.3 is 0 Å². The van der Waals surface area contributed by atoms with Gasteiger partial charge in [0.1, 0.15) is 12.7 Å². The zero-order chi connectivity index (χ0) is 15.8. The predicted molar refractivity (Wildman–Crippen MR) is 93.9 cm³/mol. The summed E-state index contributed by atoms with van der Waals surface area (Å²) in [6, 6.07) is 16.3. The van der Waals surface area contributed by atoms with Crippen LogP contribution in [0.5, 0.6) is 0 Å². The number of imidazole rings is 1. The van der Waals surface area contributed by atoms with Gasteiger partial charge in [0.2, 0.25) is 0 Å². The number of fused-ring (bicyclic) bond motifs is 1. The Labute approximate surface area is 145 Å². The van der Waals surface area contributed by atoms with Crippen molar-refractivity contribution in [3.8, 4) is 11.3 Å². The highest BCUT2D eigenvalue weighted by Crippen LogP contribution is 2.26. The van der Waals surface area contributed by atoms with E-state index in [2.05, 4.69) is 45.7 Å². The van der Waals surface area contributed by atoms with E-state index in [9.17, 15) is 0 Å². The first kappa shape index (κ1) is 14.8. The zero-order valence-electron chi connectivity index (χ0n) is 12.7. The molecule has 116 valence electrons. The molecule has 1 aliphatic heterocycles. The van der Waals surface area contributed by atoms with Gasteiger partial charge in [0.15, 0.2) is 5.69 Å². The fourth-order valence-corrected chi connectivity index (χ4v) is 3.79. The fraction of sp³-hybridized carbons (Fsp3) is 0.211. The first-order valence-electron chi connectivity index (χ1n) is 7.83. The van der Waals surface area contributed by atoms with Crippen LogP contribution >= 0.6 is 23.2 Å². The molecule has 0 unspecified atom stereocenters. The number of aromatic nitrogens is 2. The van der Waals surface area contributed by atoms with E-state index in [0.29, 0.717) is 5.02 Å². The molecule has 0 radical (unpaired) electrons. The lowest BCUT2D eigenvalue weighted by molar-refractivity contribution is -0.694. The summed E-state index contributed by atoms with van der Waals surface area (Å²) < 4.78 is 4.75. The minimum atomic E-state index is 0.677. The summed E-state index contributed by atoms with van der Waals surface area (Å²) in [5.41, 5.74) is 3.64. The molecule has 1 aliphatic rings. The van der Waals surface area contributed by atoms with E-state index in [1.54, 1.807) is 0 Å². The van der Waals surface area contributed by atoms with Crippen molar-refractivity contribution < 1.29 is 4.57 Å². The molecule has 4 rings (SSSR count). The van der Waals surface area contributed by atoms with Gasteiger partial charge in [-0.3, -0.25) is 0 Å². The van der Waals surface area contributed by atoms with Crippen LogP contribution in [0.2, 0.25) is 10.0 Å². The fourth-order valence-electron chi connectivity index (χ4n) is 3.32. The van der Waals surface area contributed by atoms with Crippen molar-refractivity contribution in [1.82, 2.24) is 4.57 Å². The molecule has 4 heteroatoms. The highest BCUT2D eigenvalue weighted by atomic mass is 35.5. The van der Waals surface area contributed by atoms with Gasteiger partial charge in [-0.1, -0.05) is 59.6 Å². The van der Waals surface area contributed by atoms with Gasteiger partial charge in [-0.2, -0.15) is 0 Å². The van der Waals surface area contributed by atoms with Gasteiger partial charge in [0, 0.05) is 21.2 Å². The maximum Gasteiger partial charge on any atom is 0.257 e. The molecule has 0 spiro atoms. The van der Waals surface area contributed by atoms with Crippen molar-refractivity contribution in [3.63, 3.8) is 0 Å². The Morgan fingerprint density at radius 3 is 2.65 bits per heavy atom. The average Bonchev–Trinajstić information content (AvgIpc) is 3.14. The maximum absolute atomic E-state index is 6.35. The van der Waals surface area contributed by atoms with Crippen LogP contribution in [0.15, 0.2) is 54.7 Å². The molecule has 0 amide bonds. The smallest absolute Gasteiger partial charge is 0.229 e. The summed E-state index contributed by atoms with van der Waals surface area (Å²) in [4.78, 5) is 0. The van der Waals surface area contributed by atoms with Crippen LogP contribution in [0.3, 0.4) is 0 Å². The van der Waals surface area contributed by atoms with Gasteiger partial charge in [-0.25, -0.2) is 9.13 Å². The summed E-state index contributed by atoms with van der Waals surface area (Å²) in [6.45, 7) is 1.86. The van der Waals surface area contributed by atoms with Crippen molar-refractivity contribution in [2.24, 2.45) is 0 Å². The van der Waals surface area contributed by atoms with Crippen molar-refractivity contribution in [3.05, 3.63) is 76.2 Å². The summed E-state index contributed by atoms with van der Waals surface area (Å²) >= 11 is 12.4. The van der Waals surface area contributed by atoms with Crippen molar-refractivity contribution >= 4 is 23.2 Å². The van der Waals surface area contributed by atoms with Crippen molar-refractivity contribution in [2.45, 2.75) is 25.9 Å². The highest BCUT2D eigenvalue weighted by molar-refractivity contribution is 6.35. The number of rotatable bonds is 3. The van der Waals surface area contributed by atoms with Crippen LogP contribution in [0.25, 0.3) is 11.3 Å². The van der Waals surface area contributed by atoms with Crippen LogP contribution in [0.4, 0.5) is 0 Å². The Morgan fingerprint density at radius 1 is 1.04 bits per heavy atom. The van der Waals surface area contributed by atoms with Crippen LogP contribution in [0, 0.1) is 0 Å². The standard InChI is InChI=1S/C19H17Cl2N2/c20-16-9-8-15(17(21)11-16)12-22-13-18(14-5-2-1-3-6-14)23-10-4-7-19(22)23/h1-3,5-6,8-9,11,13H,4,7,10,12H2/q+1. The maximum atomic E-state index is 6.35. The SMILES string of the molecule is Clc1ccc(C[n+]2cc(-c3ccccc3)n3c2CCC3)c(Cl)c1. The second kappa shape index (κ2) is 6.03. The van der Waals surface area contributed by atoms with E-state index in [1.165, 1.54) is 23.5 Å². The minimum Gasteiger partial charge on any atom is -0.229 e. The van der Waals surface area contributed by atoms with Crippen LogP contribution in [-0.4, -0.2) is 4.57 Å². The number of benzene rings is 2. The molecule has 0 saturated carbocycles. The molecule has 3 aromatic rings. The van der Waals surface area contributed by atoms with E-state index in [1.807, 2.05) is 18.2 Å². The van der Waals surface area contributed by atoms with Crippen molar-refractivity contribution in [1.29, 1.82) is 0 Å². The van der Waals surface area contributed by atoms with Crippen LogP contribution in [-0.2, 0) is 19.5 Å². The molecule has 0 bridgehead atoms. The lowest BCUT2D eigenvalue weighted by Crippen LogP contribution is -2.36. The van der Waals surface area contributed by atoms with Crippen molar-refractivity contribution in [2.75, 3.05) is 0 Å². The Morgan fingerprint density at radius 2 is 1.87 bits per heavy atom. The summed E-state index contributed by atoms with van der Waals surface area (Å²) in [6.07, 6.45) is 4.55. The number of nitrogens with zero attached hydrogens (tertiary/aromatic N) is 2. The Hall–Kier alpha value is -1.77. The quantitative estimate of drug-likeness (QED) is 0.607. The summed E-state index contributed by atoms with van der Waals surface area (Å²) in [5, 5.41) is 1.40.